The Kier molecular flexibility index (Phi) is 5.17. The minimum absolute atomic E-state index is 0.162. The summed E-state index contributed by atoms with van der Waals surface area (Å²) in [6.45, 7) is 0.763. The molecule has 0 radical (unpaired) electrons. The molecular weight excluding hydrogens is 350 g/mol. The van der Waals surface area contributed by atoms with Gasteiger partial charge in [0.05, 0.1) is 0 Å². The number of carbonyl (C=O) groups is 1. The largest absolute Gasteiger partial charge is 0.459 e. The van der Waals surface area contributed by atoms with Crippen LogP contribution in [0.1, 0.15) is 33.3 Å². The highest BCUT2D eigenvalue weighted by atomic mass is 16.3. The van der Waals surface area contributed by atoms with Gasteiger partial charge in [-0.25, -0.2) is 0 Å². The predicted molar refractivity (Wildman–Crippen MR) is 109 cm³/mol. The lowest BCUT2D eigenvalue weighted by molar-refractivity contribution is 0.0939. The van der Waals surface area contributed by atoms with Crippen molar-refractivity contribution < 1.29 is 9.21 Å². The van der Waals surface area contributed by atoms with Gasteiger partial charge in [-0.1, -0.05) is 36.4 Å². The van der Waals surface area contributed by atoms with E-state index in [1.807, 2.05) is 73.8 Å². The van der Waals surface area contributed by atoms with E-state index in [4.69, 9.17) is 4.42 Å². The van der Waals surface area contributed by atoms with Crippen molar-refractivity contribution in [2.45, 2.75) is 12.6 Å². The van der Waals surface area contributed by atoms with Gasteiger partial charge in [0.25, 0.3) is 5.91 Å². The normalized spacial score (nSPS) is 12.0. The maximum atomic E-state index is 12.9. The van der Waals surface area contributed by atoms with Crippen LogP contribution in [0.2, 0.25) is 0 Å². The molecule has 0 aliphatic rings. The maximum Gasteiger partial charge on any atom is 0.252 e. The molecule has 0 saturated carbocycles. The van der Waals surface area contributed by atoms with Gasteiger partial charge in [-0.3, -0.25) is 9.78 Å². The summed E-state index contributed by atoms with van der Waals surface area (Å²) in [6.07, 6.45) is 3.45. The van der Waals surface area contributed by atoms with Crippen molar-refractivity contribution in [2.24, 2.45) is 0 Å². The molecule has 5 nitrogen and oxygen atoms in total. The van der Waals surface area contributed by atoms with E-state index in [1.165, 1.54) is 0 Å². The fourth-order valence-corrected chi connectivity index (χ4v) is 3.20. The topological polar surface area (TPSA) is 67.2 Å². The average Bonchev–Trinajstić information content (AvgIpc) is 3.17. The number of para-hydroxylation sites is 1. The lowest BCUT2D eigenvalue weighted by atomic mass is 10.0. The minimum atomic E-state index is -0.425. The van der Waals surface area contributed by atoms with Gasteiger partial charge in [-0.05, 0) is 42.9 Å². The Hall–Kier alpha value is -3.44. The highest BCUT2D eigenvalue weighted by Crippen LogP contribution is 2.28. The molecule has 0 fully saturated rings. The van der Waals surface area contributed by atoms with E-state index >= 15 is 0 Å². The third kappa shape index (κ3) is 3.80. The fourth-order valence-electron chi connectivity index (χ4n) is 3.20. The summed E-state index contributed by atoms with van der Waals surface area (Å²) in [5.41, 5.74) is 3.38. The Morgan fingerprint density at radius 3 is 2.61 bits per heavy atom. The van der Waals surface area contributed by atoms with Crippen LogP contribution in [0.3, 0.4) is 0 Å². The number of hydrogen-bond donors (Lipinski definition) is 2. The van der Waals surface area contributed by atoms with Crippen molar-refractivity contribution in [3.63, 3.8) is 0 Å². The second-order valence-corrected chi connectivity index (χ2v) is 6.61. The summed E-state index contributed by atoms with van der Waals surface area (Å²) >= 11 is 0. The van der Waals surface area contributed by atoms with Crippen LogP contribution >= 0.6 is 0 Å². The van der Waals surface area contributed by atoms with Crippen LogP contribution in [-0.2, 0) is 6.54 Å². The number of furan rings is 1. The summed E-state index contributed by atoms with van der Waals surface area (Å²) in [4.78, 5) is 17.1. The molecule has 5 heteroatoms. The monoisotopic (exact) mass is 371 g/mol. The Labute approximate surface area is 163 Å². The molecule has 2 heterocycles. The highest BCUT2D eigenvalue weighted by molar-refractivity contribution is 5.94. The van der Waals surface area contributed by atoms with Crippen LogP contribution in [0.4, 0.5) is 0 Å². The van der Waals surface area contributed by atoms with Gasteiger partial charge >= 0.3 is 0 Å². The Morgan fingerprint density at radius 1 is 1.07 bits per heavy atom. The number of amides is 1. The second-order valence-electron chi connectivity index (χ2n) is 6.61. The van der Waals surface area contributed by atoms with Crippen LogP contribution in [0.25, 0.3) is 11.0 Å². The first-order valence-corrected chi connectivity index (χ1v) is 9.17. The third-order valence-electron chi connectivity index (χ3n) is 4.62. The Bertz CT molecular complexity index is 1040. The summed E-state index contributed by atoms with van der Waals surface area (Å²) in [5.74, 6) is 0.514. The zero-order valence-corrected chi connectivity index (χ0v) is 15.6. The molecule has 28 heavy (non-hydrogen) atoms. The van der Waals surface area contributed by atoms with Gasteiger partial charge in [0.2, 0.25) is 0 Å². The first kappa shape index (κ1) is 17.9. The number of rotatable bonds is 6. The van der Waals surface area contributed by atoms with Crippen molar-refractivity contribution in [3.05, 3.63) is 102 Å². The maximum absolute atomic E-state index is 12.9. The van der Waals surface area contributed by atoms with Crippen molar-refractivity contribution in [1.82, 2.24) is 15.6 Å². The molecule has 1 amide bonds. The second kappa shape index (κ2) is 8.06. The van der Waals surface area contributed by atoms with E-state index < -0.39 is 6.04 Å². The summed E-state index contributed by atoms with van der Waals surface area (Å²) < 4.78 is 6.02. The number of nitrogens with zero attached hydrogens (tertiary/aromatic N) is 1. The molecule has 1 unspecified atom stereocenters. The molecule has 0 aliphatic carbocycles. The van der Waals surface area contributed by atoms with E-state index in [-0.39, 0.29) is 5.91 Å². The number of nitrogens with one attached hydrogen (secondary N) is 2. The van der Waals surface area contributed by atoms with Crippen LogP contribution in [0, 0.1) is 0 Å². The van der Waals surface area contributed by atoms with Crippen LogP contribution in [0.15, 0.2) is 83.5 Å². The summed E-state index contributed by atoms with van der Waals surface area (Å²) in [7, 11) is 1.90. The van der Waals surface area contributed by atoms with Crippen LogP contribution < -0.4 is 10.6 Å². The SMILES string of the molecule is CNCc1ccc(C(=O)NC(c2cccnc2)c2cc3ccccc3o2)cc1. The molecule has 140 valence electrons. The average molecular weight is 371 g/mol. The van der Waals surface area contributed by atoms with Crippen LogP contribution in [-0.4, -0.2) is 17.9 Å². The zero-order valence-electron chi connectivity index (χ0n) is 15.6. The van der Waals surface area contributed by atoms with Crippen molar-refractivity contribution in [3.8, 4) is 0 Å². The van der Waals surface area contributed by atoms with Gasteiger partial charge in [-0.2, -0.15) is 0 Å². The Morgan fingerprint density at radius 2 is 1.89 bits per heavy atom. The summed E-state index contributed by atoms with van der Waals surface area (Å²) in [6, 6.07) is 20.7. The van der Waals surface area contributed by atoms with Gasteiger partial charge in [-0.15, -0.1) is 0 Å². The molecule has 1 atom stereocenters. The smallest absolute Gasteiger partial charge is 0.252 e. The minimum Gasteiger partial charge on any atom is -0.459 e. The van der Waals surface area contributed by atoms with Gasteiger partial charge < -0.3 is 15.1 Å². The van der Waals surface area contributed by atoms with Crippen LogP contribution in [0.5, 0.6) is 0 Å². The van der Waals surface area contributed by atoms with Gasteiger partial charge in [0.1, 0.15) is 17.4 Å². The molecule has 0 aliphatic heterocycles. The lowest BCUT2D eigenvalue weighted by Crippen LogP contribution is -2.29. The summed E-state index contributed by atoms with van der Waals surface area (Å²) in [5, 5.41) is 7.19. The third-order valence-corrected chi connectivity index (χ3v) is 4.62. The molecule has 2 aromatic heterocycles. The number of fused-ring (bicyclic) bond motifs is 1. The van der Waals surface area contributed by atoms with E-state index in [2.05, 4.69) is 15.6 Å². The standard InChI is InChI=1S/C23H21N3O2/c1-24-14-16-8-10-17(11-9-16)23(27)26-22(19-6-4-12-25-15-19)21-13-18-5-2-3-7-20(18)28-21/h2-13,15,22,24H,14H2,1H3,(H,26,27). The lowest BCUT2D eigenvalue weighted by Gasteiger charge is -2.17. The molecule has 0 bridgehead atoms. The molecule has 4 rings (SSSR count). The number of pyridine rings is 1. The molecular formula is C23H21N3O2. The van der Waals surface area contributed by atoms with Crippen molar-refractivity contribution in [1.29, 1.82) is 0 Å². The zero-order chi connectivity index (χ0) is 19.3. The quantitative estimate of drug-likeness (QED) is 0.536. The first-order chi connectivity index (χ1) is 13.7. The van der Waals surface area contributed by atoms with E-state index in [0.717, 1.165) is 28.6 Å². The first-order valence-electron chi connectivity index (χ1n) is 9.17. The van der Waals surface area contributed by atoms with E-state index in [0.29, 0.717) is 11.3 Å². The molecule has 2 aromatic carbocycles. The predicted octanol–water partition coefficient (Wildman–Crippen LogP) is 4.07. The fraction of sp³-hybridized carbons (Fsp3) is 0.130. The number of aromatic nitrogens is 1. The van der Waals surface area contributed by atoms with Gasteiger partial charge in [0.15, 0.2) is 0 Å². The molecule has 0 spiro atoms. The Balaban J connectivity index is 1.65. The molecule has 0 saturated heterocycles. The number of benzene rings is 2. The van der Waals surface area contributed by atoms with E-state index in [1.54, 1.807) is 12.4 Å². The molecule has 4 aromatic rings. The molecule has 2 N–H and O–H groups in total. The number of carbonyl (C=O) groups excluding carboxylic acids is 1. The van der Waals surface area contributed by atoms with Crippen molar-refractivity contribution in [2.75, 3.05) is 7.05 Å². The highest BCUT2D eigenvalue weighted by Gasteiger charge is 2.22. The van der Waals surface area contributed by atoms with Crippen molar-refractivity contribution >= 4 is 16.9 Å². The van der Waals surface area contributed by atoms with Gasteiger partial charge in [0, 0.05) is 35.5 Å². The van der Waals surface area contributed by atoms with E-state index in [9.17, 15) is 4.79 Å². The number of hydrogen-bond acceptors (Lipinski definition) is 4.